The van der Waals surface area contributed by atoms with Crippen molar-refractivity contribution in [3.05, 3.63) is 58.6 Å². The molecule has 3 aromatic rings. The number of rotatable bonds is 4. The van der Waals surface area contributed by atoms with Crippen molar-refractivity contribution in [2.75, 3.05) is 5.32 Å². The van der Waals surface area contributed by atoms with Gasteiger partial charge in [0.05, 0.1) is 24.6 Å². The van der Waals surface area contributed by atoms with E-state index < -0.39 is 0 Å². The number of nitrogens with zero attached hydrogens (tertiary/aromatic N) is 4. The summed E-state index contributed by atoms with van der Waals surface area (Å²) < 4.78 is 13.7. The summed E-state index contributed by atoms with van der Waals surface area (Å²) in [6, 6.07) is 8.46. The highest BCUT2D eigenvalue weighted by atomic mass is 32.1. The number of thiazole rings is 1. The van der Waals surface area contributed by atoms with Gasteiger partial charge in [-0.25, -0.2) is 19.3 Å². The van der Waals surface area contributed by atoms with Crippen LogP contribution in [-0.4, -0.2) is 15.0 Å². The number of anilines is 1. The van der Waals surface area contributed by atoms with Crippen molar-refractivity contribution in [3.63, 3.8) is 0 Å². The molecule has 1 aromatic carbocycles. The van der Waals surface area contributed by atoms with Crippen molar-refractivity contribution in [2.45, 2.75) is 6.54 Å². The summed E-state index contributed by atoms with van der Waals surface area (Å²) in [6.07, 6.45) is 2.89. The Morgan fingerprint density at radius 2 is 2.09 bits per heavy atom. The van der Waals surface area contributed by atoms with Gasteiger partial charge in [-0.05, 0) is 12.1 Å². The van der Waals surface area contributed by atoms with Crippen LogP contribution in [0.1, 0.15) is 10.7 Å². The van der Waals surface area contributed by atoms with Gasteiger partial charge < -0.3 is 5.32 Å². The lowest BCUT2D eigenvalue weighted by molar-refractivity contribution is 0.631. The number of benzene rings is 1. The SMILES string of the molecule is N#Cc1cnc(NCc2nc(-c3ccccc3F)cs2)cn1. The number of aromatic nitrogens is 3. The second-order valence-electron chi connectivity index (χ2n) is 4.36. The largest absolute Gasteiger partial charge is 0.362 e. The Morgan fingerprint density at radius 1 is 1.23 bits per heavy atom. The van der Waals surface area contributed by atoms with Crippen LogP contribution in [0.15, 0.2) is 42.0 Å². The molecule has 0 radical (unpaired) electrons. The molecule has 0 saturated heterocycles. The molecule has 2 heterocycles. The van der Waals surface area contributed by atoms with Crippen LogP contribution in [0.2, 0.25) is 0 Å². The lowest BCUT2D eigenvalue weighted by atomic mass is 10.2. The van der Waals surface area contributed by atoms with E-state index in [0.717, 1.165) is 5.01 Å². The third-order valence-corrected chi connectivity index (χ3v) is 3.74. The number of nitriles is 1. The molecule has 0 aliphatic carbocycles. The maximum Gasteiger partial charge on any atom is 0.158 e. The van der Waals surface area contributed by atoms with Crippen molar-refractivity contribution in [3.8, 4) is 17.3 Å². The van der Waals surface area contributed by atoms with Crippen LogP contribution in [0.25, 0.3) is 11.3 Å². The molecule has 1 N–H and O–H groups in total. The molecule has 22 heavy (non-hydrogen) atoms. The maximum absolute atomic E-state index is 13.7. The smallest absolute Gasteiger partial charge is 0.158 e. The van der Waals surface area contributed by atoms with Crippen molar-refractivity contribution in [1.29, 1.82) is 5.26 Å². The summed E-state index contributed by atoms with van der Waals surface area (Å²) in [5.41, 5.74) is 1.37. The summed E-state index contributed by atoms with van der Waals surface area (Å²) in [6.45, 7) is 0.458. The summed E-state index contributed by atoms with van der Waals surface area (Å²) in [4.78, 5) is 12.4. The minimum atomic E-state index is -0.287. The number of hydrogen-bond donors (Lipinski definition) is 1. The molecule has 0 bridgehead atoms. The van der Waals surface area contributed by atoms with Gasteiger partial charge in [-0.3, -0.25) is 0 Å². The predicted octanol–water partition coefficient (Wildman–Crippen LogP) is 3.22. The van der Waals surface area contributed by atoms with E-state index in [1.54, 1.807) is 18.2 Å². The molecule has 0 fully saturated rings. The Bertz CT molecular complexity index is 822. The average Bonchev–Trinajstić information content (AvgIpc) is 3.02. The third-order valence-electron chi connectivity index (χ3n) is 2.89. The van der Waals surface area contributed by atoms with Crippen LogP contribution in [0.4, 0.5) is 10.2 Å². The molecule has 0 aliphatic rings. The number of hydrogen-bond acceptors (Lipinski definition) is 6. The molecular formula is C15H10FN5S. The molecule has 0 amide bonds. The Kier molecular flexibility index (Phi) is 4.03. The molecule has 0 unspecified atom stereocenters. The lowest BCUT2D eigenvalue weighted by Gasteiger charge is -2.02. The van der Waals surface area contributed by atoms with Crippen LogP contribution in [0.3, 0.4) is 0 Å². The van der Waals surface area contributed by atoms with Crippen LogP contribution >= 0.6 is 11.3 Å². The average molecular weight is 311 g/mol. The van der Waals surface area contributed by atoms with Gasteiger partial charge in [0.15, 0.2) is 5.69 Å². The molecule has 5 nitrogen and oxygen atoms in total. The first kappa shape index (κ1) is 14.1. The van der Waals surface area contributed by atoms with Crippen molar-refractivity contribution in [1.82, 2.24) is 15.0 Å². The minimum Gasteiger partial charge on any atom is -0.362 e. The molecule has 0 atom stereocenters. The Hall–Kier alpha value is -2.85. The van der Waals surface area contributed by atoms with Gasteiger partial charge >= 0.3 is 0 Å². The van der Waals surface area contributed by atoms with E-state index in [-0.39, 0.29) is 11.5 Å². The molecular weight excluding hydrogens is 301 g/mol. The zero-order chi connectivity index (χ0) is 15.4. The molecule has 2 aromatic heterocycles. The zero-order valence-electron chi connectivity index (χ0n) is 11.3. The van der Waals surface area contributed by atoms with E-state index in [0.29, 0.717) is 23.6 Å². The first-order valence-corrected chi connectivity index (χ1v) is 7.29. The summed E-state index contributed by atoms with van der Waals surface area (Å²) in [5, 5.41) is 14.3. The fraction of sp³-hybridized carbons (Fsp3) is 0.0667. The fourth-order valence-corrected chi connectivity index (χ4v) is 2.56. The van der Waals surface area contributed by atoms with Crippen molar-refractivity contribution >= 4 is 17.2 Å². The Balaban J connectivity index is 1.69. The van der Waals surface area contributed by atoms with Gasteiger partial charge in [0.1, 0.15) is 22.7 Å². The van der Waals surface area contributed by atoms with Gasteiger partial charge in [-0.2, -0.15) is 5.26 Å². The van der Waals surface area contributed by atoms with E-state index in [4.69, 9.17) is 5.26 Å². The first-order chi connectivity index (χ1) is 10.8. The highest BCUT2D eigenvalue weighted by Gasteiger charge is 2.08. The van der Waals surface area contributed by atoms with Gasteiger partial charge in [0.2, 0.25) is 0 Å². The summed E-state index contributed by atoms with van der Waals surface area (Å²) in [7, 11) is 0. The second kappa shape index (κ2) is 6.28. The first-order valence-electron chi connectivity index (χ1n) is 6.41. The van der Waals surface area contributed by atoms with E-state index in [1.165, 1.54) is 29.8 Å². The normalized spacial score (nSPS) is 10.2. The zero-order valence-corrected chi connectivity index (χ0v) is 12.1. The van der Waals surface area contributed by atoms with E-state index in [2.05, 4.69) is 20.3 Å². The van der Waals surface area contributed by atoms with Crippen LogP contribution < -0.4 is 5.32 Å². The summed E-state index contributed by atoms with van der Waals surface area (Å²) in [5.74, 6) is 0.270. The third kappa shape index (κ3) is 3.07. The maximum atomic E-state index is 13.7. The van der Waals surface area contributed by atoms with Crippen LogP contribution in [0.5, 0.6) is 0 Å². The highest BCUT2D eigenvalue weighted by Crippen LogP contribution is 2.24. The second-order valence-corrected chi connectivity index (χ2v) is 5.30. The van der Waals surface area contributed by atoms with E-state index in [1.807, 2.05) is 11.4 Å². The van der Waals surface area contributed by atoms with Crippen LogP contribution in [0, 0.1) is 17.1 Å². The highest BCUT2D eigenvalue weighted by molar-refractivity contribution is 7.09. The molecule has 3 rings (SSSR count). The van der Waals surface area contributed by atoms with Crippen LogP contribution in [-0.2, 0) is 6.54 Å². The van der Waals surface area contributed by atoms with Crippen molar-refractivity contribution in [2.24, 2.45) is 0 Å². The monoisotopic (exact) mass is 311 g/mol. The predicted molar refractivity (Wildman–Crippen MR) is 81.6 cm³/mol. The molecule has 0 aliphatic heterocycles. The Morgan fingerprint density at radius 3 is 2.82 bits per heavy atom. The van der Waals surface area contributed by atoms with Gasteiger partial charge in [0.25, 0.3) is 0 Å². The van der Waals surface area contributed by atoms with E-state index in [9.17, 15) is 4.39 Å². The molecule has 0 spiro atoms. The molecule has 108 valence electrons. The standard InChI is InChI=1S/C15H10FN5S/c16-12-4-2-1-3-11(12)13-9-22-15(21-13)8-20-14-7-18-10(5-17)6-19-14/h1-4,6-7,9H,8H2,(H,19,20). The van der Waals surface area contributed by atoms with E-state index >= 15 is 0 Å². The lowest BCUT2D eigenvalue weighted by Crippen LogP contribution is -2.02. The number of nitrogens with one attached hydrogen (secondary N) is 1. The van der Waals surface area contributed by atoms with Gasteiger partial charge in [0, 0.05) is 10.9 Å². The van der Waals surface area contributed by atoms with Gasteiger partial charge in [-0.15, -0.1) is 11.3 Å². The molecule has 7 heteroatoms. The molecule has 0 saturated carbocycles. The quantitative estimate of drug-likeness (QED) is 0.800. The summed E-state index contributed by atoms with van der Waals surface area (Å²) >= 11 is 1.44. The minimum absolute atomic E-state index is 0.265. The topological polar surface area (TPSA) is 74.5 Å². The Labute approximate surface area is 130 Å². The van der Waals surface area contributed by atoms with Gasteiger partial charge in [-0.1, -0.05) is 12.1 Å². The fourth-order valence-electron chi connectivity index (χ4n) is 1.83. The van der Waals surface area contributed by atoms with Crippen molar-refractivity contribution < 1.29 is 4.39 Å². The number of halogens is 1.